The van der Waals surface area contributed by atoms with E-state index in [1.54, 1.807) is 0 Å². The maximum atomic E-state index is 11.3. The van der Waals surface area contributed by atoms with Gasteiger partial charge in [-0.3, -0.25) is 0 Å². The van der Waals surface area contributed by atoms with Crippen LogP contribution < -0.4 is 28.3 Å². The summed E-state index contributed by atoms with van der Waals surface area (Å²) in [7, 11) is 0. The number of rotatable bonds is 20. The Kier molecular flexibility index (Phi) is 18.2. The molecule has 15 nitrogen and oxygen atoms in total. The van der Waals surface area contributed by atoms with Crippen molar-refractivity contribution in [2.45, 2.75) is 182 Å². The van der Waals surface area contributed by atoms with E-state index in [2.05, 4.69) is 12.2 Å². The number of aliphatic hydroxyl groups excluding tert-OH is 6. The molecule has 3 rings (SSSR count). The van der Waals surface area contributed by atoms with Gasteiger partial charge in [0.15, 0.2) is 12.6 Å². The molecular formula is C32H65N5O10. The van der Waals surface area contributed by atoms with Gasteiger partial charge in [0, 0.05) is 25.2 Å². The van der Waals surface area contributed by atoms with E-state index in [1.807, 2.05) is 0 Å². The molecule has 3 fully saturated rings. The second kappa shape index (κ2) is 20.9. The zero-order valence-corrected chi connectivity index (χ0v) is 28.1. The molecule has 15 atom stereocenters. The molecule has 2 heterocycles. The molecule has 278 valence electrons. The average molecular weight is 680 g/mol. The Bertz CT molecular complexity index is 852. The Morgan fingerprint density at radius 3 is 1.62 bits per heavy atom. The van der Waals surface area contributed by atoms with Crippen molar-refractivity contribution in [3.05, 3.63) is 0 Å². The lowest BCUT2D eigenvalue weighted by Gasteiger charge is -2.48. The van der Waals surface area contributed by atoms with Crippen molar-refractivity contribution in [3.8, 4) is 0 Å². The molecule has 47 heavy (non-hydrogen) atoms. The number of hydrogen-bond donors (Lipinski definition) is 11. The van der Waals surface area contributed by atoms with Crippen molar-refractivity contribution >= 4 is 0 Å². The molecule has 2 aliphatic heterocycles. The third kappa shape index (κ3) is 11.7. The zero-order valence-electron chi connectivity index (χ0n) is 28.1. The molecule has 2 saturated heterocycles. The van der Waals surface area contributed by atoms with Gasteiger partial charge in [0.25, 0.3) is 0 Å². The van der Waals surface area contributed by atoms with Gasteiger partial charge in [-0.05, 0) is 19.4 Å². The summed E-state index contributed by atoms with van der Waals surface area (Å²) in [5.74, 6) is 0. The van der Waals surface area contributed by atoms with Crippen molar-refractivity contribution in [2.75, 3.05) is 19.6 Å². The summed E-state index contributed by atoms with van der Waals surface area (Å²) >= 11 is 0. The van der Waals surface area contributed by atoms with Crippen molar-refractivity contribution in [1.29, 1.82) is 0 Å². The molecule has 0 radical (unpaired) electrons. The first-order chi connectivity index (χ1) is 22.5. The SMILES string of the molecule is CCCCCCCCCCCCCCNC[C@H]1O[C@H](O[C@@H]2[C@@H](O)[C@H](O[C@H]3O[C@H](CN)[C@@H](O)[C@H](O)[C@H]3O)[C@@H](N)C[C@H]2N)[C@H](O)[C@@H](N)[C@@H]1O. The topological polar surface area (TPSA) is 274 Å². The quantitative estimate of drug-likeness (QED) is 0.0622. The molecule has 0 bridgehead atoms. The molecule has 1 saturated carbocycles. The van der Waals surface area contributed by atoms with Gasteiger partial charge in [-0.2, -0.15) is 0 Å². The van der Waals surface area contributed by atoms with E-state index >= 15 is 0 Å². The normalized spacial score (nSPS) is 41.3. The van der Waals surface area contributed by atoms with Crippen LogP contribution in [0.5, 0.6) is 0 Å². The monoisotopic (exact) mass is 679 g/mol. The Morgan fingerprint density at radius 1 is 0.596 bits per heavy atom. The fourth-order valence-electron chi connectivity index (χ4n) is 6.75. The van der Waals surface area contributed by atoms with Gasteiger partial charge in [0.1, 0.15) is 54.9 Å². The van der Waals surface area contributed by atoms with E-state index in [9.17, 15) is 30.6 Å². The molecule has 15 heteroatoms. The van der Waals surface area contributed by atoms with Gasteiger partial charge in [0.2, 0.25) is 0 Å². The first-order valence-corrected chi connectivity index (χ1v) is 17.9. The predicted octanol–water partition coefficient (Wildman–Crippen LogP) is -1.99. The number of nitrogens with two attached hydrogens (primary N) is 4. The molecule has 0 spiro atoms. The van der Waals surface area contributed by atoms with Crippen molar-refractivity contribution in [1.82, 2.24) is 5.32 Å². The van der Waals surface area contributed by atoms with E-state index in [0.717, 1.165) is 19.4 Å². The van der Waals surface area contributed by atoms with Crippen LogP contribution in [0.1, 0.15) is 90.4 Å². The Balaban J connectivity index is 1.44. The largest absolute Gasteiger partial charge is 0.389 e. The van der Waals surface area contributed by atoms with Gasteiger partial charge < -0.3 is 77.8 Å². The average Bonchev–Trinajstić information content (AvgIpc) is 3.05. The van der Waals surface area contributed by atoms with Crippen LogP contribution in [-0.2, 0) is 18.9 Å². The molecule has 3 aliphatic rings. The Hall–Kier alpha value is -0.600. The fourth-order valence-corrected chi connectivity index (χ4v) is 6.75. The summed E-state index contributed by atoms with van der Waals surface area (Å²) in [6, 6.07) is -2.68. The summed E-state index contributed by atoms with van der Waals surface area (Å²) in [5, 5.41) is 66.8. The third-order valence-electron chi connectivity index (χ3n) is 9.85. The van der Waals surface area contributed by atoms with E-state index in [0.29, 0.717) is 0 Å². The summed E-state index contributed by atoms with van der Waals surface area (Å²) in [4.78, 5) is 0. The fraction of sp³-hybridized carbons (Fsp3) is 1.00. The maximum absolute atomic E-state index is 11.3. The molecule has 1 aliphatic carbocycles. The first kappa shape index (κ1) is 40.8. The molecule has 0 amide bonds. The van der Waals surface area contributed by atoms with Crippen LogP contribution in [0.25, 0.3) is 0 Å². The summed E-state index contributed by atoms with van der Waals surface area (Å²) in [5.41, 5.74) is 24.3. The second-order valence-corrected chi connectivity index (χ2v) is 13.7. The maximum Gasteiger partial charge on any atom is 0.187 e. The van der Waals surface area contributed by atoms with E-state index in [1.165, 1.54) is 64.2 Å². The van der Waals surface area contributed by atoms with E-state index in [-0.39, 0.29) is 19.5 Å². The smallest absolute Gasteiger partial charge is 0.187 e. The molecule has 15 N–H and O–H groups in total. The van der Waals surface area contributed by atoms with E-state index in [4.69, 9.17) is 41.9 Å². The van der Waals surface area contributed by atoms with Gasteiger partial charge in [-0.25, -0.2) is 0 Å². The minimum Gasteiger partial charge on any atom is -0.389 e. The van der Waals surface area contributed by atoms with Gasteiger partial charge in [-0.1, -0.05) is 77.6 Å². The van der Waals surface area contributed by atoms with Crippen LogP contribution in [0.3, 0.4) is 0 Å². The first-order valence-electron chi connectivity index (χ1n) is 17.9. The number of ether oxygens (including phenoxy) is 4. The van der Waals surface area contributed by atoms with Crippen molar-refractivity contribution in [3.63, 3.8) is 0 Å². The second-order valence-electron chi connectivity index (χ2n) is 13.7. The van der Waals surface area contributed by atoms with Crippen molar-refractivity contribution < 1.29 is 49.6 Å². The van der Waals surface area contributed by atoms with Crippen LogP contribution >= 0.6 is 0 Å². The number of nitrogens with one attached hydrogen (secondary N) is 1. The van der Waals surface area contributed by atoms with Crippen LogP contribution in [0.4, 0.5) is 0 Å². The van der Waals surface area contributed by atoms with E-state index < -0.39 is 91.7 Å². The van der Waals surface area contributed by atoms with Gasteiger partial charge in [-0.15, -0.1) is 0 Å². The molecular weight excluding hydrogens is 614 g/mol. The number of hydrogen-bond acceptors (Lipinski definition) is 15. The van der Waals surface area contributed by atoms with Crippen LogP contribution in [-0.4, -0.2) is 142 Å². The minimum atomic E-state index is -1.65. The number of aliphatic hydroxyl groups is 6. The lowest BCUT2D eigenvalue weighted by atomic mass is 9.84. The highest BCUT2D eigenvalue weighted by atomic mass is 16.7. The van der Waals surface area contributed by atoms with Crippen LogP contribution in [0.15, 0.2) is 0 Å². The summed E-state index contributed by atoms with van der Waals surface area (Å²) in [6.07, 6.45) is -0.352. The highest BCUT2D eigenvalue weighted by molar-refractivity contribution is 5.01. The highest BCUT2D eigenvalue weighted by Crippen LogP contribution is 2.31. The summed E-state index contributed by atoms with van der Waals surface area (Å²) < 4.78 is 23.3. The Morgan fingerprint density at radius 2 is 1.09 bits per heavy atom. The molecule has 0 aromatic heterocycles. The van der Waals surface area contributed by atoms with Crippen LogP contribution in [0, 0.1) is 0 Å². The predicted molar refractivity (Wildman–Crippen MR) is 175 cm³/mol. The van der Waals surface area contributed by atoms with Crippen LogP contribution in [0.2, 0.25) is 0 Å². The molecule has 0 aromatic rings. The molecule has 0 unspecified atom stereocenters. The summed E-state index contributed by atoms with van der Waals surface area (Å²) in [6.45, 7) is 3.11. The zero-order chi connectivity index (χ0) is 34.5. The van der Waals surface area contributed by atoms with Crippen molar-refractivity contribution in [2.24, 2.45) is 22.9 Å². The third-order valence-corrected chi connectivity index (χ3v) is 9.85. The van der Waals surface area contributed by atoms with Gasteiger partial charge in [0.05, 0.1) is 12.1 Å². The lowest BCUT2D eigenvalue weighted by Crippen LogP contribution is -2.68. The lowest BCUT2D eigenvalue weighted by molar-refractivity contribution is -0.330. The molecule has 0 aromatic carbocycles. The highest BCUT2D eigenvalue weighted by Gasteiger charge is 2.51. The standard InChI is InChI=1S/C32H65N5O10/c1-2-3-4-5-6-7-8-9-10-11-12-13-14-37-17-21-23(38)22(36)25(40)31(45-21)46-29-18(34)15-19(35)30(28(29)43)47-32-27(42)26(41)24(39)20(16-33)44-32/h18-32,37-43H,2-17,33-36H2,1H3/t18-,19+,20-,21-,22+,23-,24-,25-,26+,27-,28-,29+,30-,31-,32-/m1/s1. The Labute approximate surface area is 279 Å². The number of unbranched alkanes of at least 4 members (excludes halogenated alkanes) is 11. The minimum absolute atomic E-state index is 0.127. The van der Waals surface area contributed by atoms with Gasteiger partial charge >= 0.3 is 0 Å².